The van der Waals surface area contributed by atoms with Gasteiger partial charge in [0.05, 0.1) is 21.7 Å². The summed E-state index contributed by atoms with van der Waals surface area (Å²) in [4.78, 5) is 70.1. The van der Waals surface area contributed by atoms with Gasteiger partial charge in [-0.2, -0.15) is 5.26 Å². The third kappa shape index (κ3) is 6.55. The van der Waals surface area contributed by atoms with E-state index in [-0.39, 0.29) is 41.7 Å². The third-order valence-electron chi connectivity index (χ3n) is 12.6. The summed E-state index contributed by atoms with van der Waals surface area (Å²) < 4.78 is 6.37. The van der Waals surface area contributed by atoms with E-state index in [1.807, 2.05) is 36.4 Å². The molecular formula is C43H45ClN6O6. The molecule has 1 unspecified atom stereocenters. The normalized spacial score (nSPS) is 24.6. The van der Waals surface area contributed by atoms with Gasteiger partial charge in [-0.25, -0.2) is 0 Å². The van der Waals surface area contributed by atoms with E-state index in [1.165, 1.54) is 0 Å². The van der Waals surface area contributed by atoms with Gasteiger partial charge in [-0.05, 0) is 85.4 Å². The summed E-state index contributed by atoms with van der Waals surface area (Å²) in [5, 5.41) is 15.1. The monoisotopic (exact) mass is 776 g/mol. The summed E-state index contributed by atoms with van der Waals surface area (Å²) in [6, 6.07) is 17.9. The highest BCUT2D eigenvalue weighted by atomic mass is 35.5. The second-order valence-electron chi connectivity index (χ2n) is 17.0. The zero-order valence-corrected chi connectivity index (χ0v) is 32.7. The van der Waals surface area contributed by atoms with Gasteiger partial charge in [0.1, 0.15) is 24.0 Å². The van der Waals surface area contributed by atoms with Gasteiger partial charge >= 0.3 is 0 Å². The summed E-state index contributed by atoms with van der Waals surface area (Å²) in [6.07, 6.45) is 2.03. The van der Waals surface area contributed by atoms with Crippen LogP contribution in [0.15, 0.2) is 54.6 Å². The molecule has 13 heteroatoms. The SMILES string of the molecule is CC1(C)C(NC(=O)c2ccc(CN3CCC(N4Cc5cc6c(cc5C4)C(=O)N(C4CCC(=O)NC4=O)C6=O)CC3)cc2)C(C)(C)C1Oc1ccc(C#N)c(Cl)c1. The molecule has 4 aliphatic heterocycles. The number of nitriles is 1. The first-order chi connectivity index (χ1) is 26.6. The zero-order valence-electron chi connectivity index (χ0n) is 32.0. The lowest BCUT2D eigenvalue weighted by Crippen LogP contribution is -2.74. The van der Waals surface area contributed by atoms with Crippen molar-refractivity contribution in [1.29, 1.82) is 5.26 Å². The van der Waals surface area contributed by atoms with Crippen molar-refractivity contribution >= 4 is 41.1 Å². The number of benzene rings is 3. The van der Waals surface area contributed by atoms with Crippen LogP contribution in [0.3, 0.4) is 0 Å². The number of hydrogen-bond acceptors (Lipinski definition) is 9. The number of fused-ring (bicyclic) bond motifs is 2. The number of nitrogens with zero attached hydrogens (tertiary/aromatic N) is 4. The molecule has 1 aliphatic carbocycles. The molecule has 5 amide bonds. The van der Waals surface area contributed by atoms with Crippen LogP contribution in [0.5, 0.6) is 5.75 Å². The number of amides is 5. The summed E-state index contributed by atoms with van der Waals surface area (Å²) in [6.45, 7) is 12.4. The zero-order chi connectivity index (χ0) is 39.7. The number of imide groups is 2. The maximum atomic E-state index is 13.5. The molecule has 0 bridgehead atoms. The first kappa shape index (κ1) is 37.8. The summed E-state index contributed by atoms with van der Waals surface area (Å²) in [5.41, 5.74) is 4.16. The number of ether oxygens (including phenoxy) is 1. The molecule has 8 rings (SSSR count). The van der Waals surface area contributed by atoms with E-state index in [2.05, 4.69) is 54.2 Å². The van der Waals surface area contributed by atoms with Crippen molar-refractivity contribution in [2.45, 2.75) is 97.2 Å². The van der Waals surface area contributed by atoms with Crippen LogP contribution in [-0.2, 0) is 29.2 Å². The van der Waals surface area contributed by atoms with E-state index in [0.717, 1.165) is 54.1 Å². The molecule has 3 aromatic rings. The highest BCUT2D eigenvalue weighted by Gasteiger charge is 2.64. The van der Waals surface area contributed by atoms with Crippen molar-refractivity contribution in [3.8, 4) is 11.8 Å². The number of halogens is 1. The van der Waals surface area contributed by atoms with Crippen LogP contribution in [0.25, 0.3) is 0 Å². The van der Waals surface area contributed by atoms with Gasteiger partial charge in [-0.15, -0.1) is 0 Å². The maximum absolute atomic E-state index is 13.5. The molecule has 0 radical (unpaired) electrons. The van der Waals surface area contributed by atoms with E-state index >= 15 is 0 Å². The molecule has 290 valence electrons. The van der Waals surface area contributed by atoms with E-state index in [4.69, 9.17) is 16.3 Å². The fourth-order valence-corrected chi connectivity index (χ4v) is 10.1. The quantitative estimate of drug-likeness (QED) is 0.294. The van der Waals surface area contributed by atoms with Crippen LogP contribution in [0.1, 0.15) is 107 Å². The average Bonchev–Trinajstić information content (AvgIpc) is 3.69. The highest BCUT2D eigenvalue weighted by molar-refractivity contribution is 6.31. The molecule has 3 aromatic carbocycles. The second kappa shape index (κ2) is 14.1. The Balaban J connectivity index is 0.821. The molecular weight excluding hydrogens is 732 g/mol. The van der Waals surface area contributed by atoms with Gasteiger partial charge in [0.15, 0.2) is 0 Å². The fourth-order valence-electron chi connectivity index (χ4n) is 9.93. The van der Waals surface area contributed by atoms with Crippen LogP contribution >= 0.6 is 11.6 Å². The maximum Gasteiger partial charge on any atom is 0.262 e. The summed E-state index contributed by atoms with van der Waals surface area (Å²) in [7, 11) is 0. The van der Waals surface area contributed by atoms with Crippen molar-refractivity contribution in [1.82, 2.24) is 25.3 Å². The van der Waals surface area contributed by atoms with Crippen LogP contribution in [0, 0.1) is 22.2 Å². The Bertz CT molecular complexity index is 2140. The van der Waals surface area contributed by atoms with E-state index < -0.39 is 29.7 Å². The van der Waals surface area contributed by atoms with Gasteiger partial charge in [-0.1, -0.05) is 51.4 Å². The van der Waals surface area contributed by atoms with Gasteiger partial charge in [-0.3, -0.25) is 44.0 Å². The molecule has 12 nitrogen and oxygen atoms in total. The molecule has 0 spiro atoms. The lowest BCUT2D eigenvalue weighted by molar-refractivity contribution is -0.164. The number of hydrogen-bond donors (Lipinski definition) is 2. The number of likely N-dealkylation sites (tertiary alicyclic amines) is 1. The average molecular weight is 777 g/mol. The van der Waals surface area contributed by atoms with E-state index in [1.54, 1.807) is 18.2 Å². The second-order valence-corrected chi connectivity index (χ2v) is 17.4. The Labute approximate surface area is 331 Å². The van der Waals surface area contributed by atoms with Gasteiger partial charge < -0.3 is 10.1 Å². The molecule has 1 atom stereocenters. The minimum Gasteiger partial charge on any atom is -0.489 e. The van der Waals surface area contributed by atoms with Crippen molar-refractivity contribution in [2.75, 3.05) is 13.1 Å². The third-order valence-corrected chi connectivity index (χ3v) is 12.9. The number of rotatable bonds is 8. The summed E-state index contributed by atoms with van der Waals surface area (Å²) >= 11 is 6.24. The fraction of sp³-hybridized carbons (Fsp3) is 0.442. The molecule has 0 aromatic heterocycles. The highest BCUT2D eigenvalue weighted by Crippen LogP contribution is 2.55. The van der Waals surface area contributed by atoms with Crippen molar-refractivity contribution < 1.29 is 28.7 Å². The van der Waals surface area contributed by atoms with E-state index in [0.29, 0.717) is 52.2 Å². The first-order valence-corrected chi connectivity index (χ1v) is 19.6. The Kier molecular flexibility index (Phi) is 9.54. The van der Waals surface area contributed by atoms with Gasteiger partial charge in [0.25, 0.3) is 17.7 Å². The van der Waals surface area contributed by atoms with Crippen LogP contribution < -0.4 is 15.4 Å². The van der Waals surface area contributed by atoms with Gasteiger partial charge in [0.2, 0.25) is 11.8 Å². The lowest BCUT2D eigenvalue weighted by atomic mass is 9.49. The standard InChI is InChI=1S/C43H45ClN6O6/c1-42(2)40(43(3,4)41(42)56-30-10-9-26(20-45)33(44)19-30)47-36(52)25-7-5-24(6-8-25)21-48-15-13-29(14-16-48)49-22-27-17-31-32(18-28(27)23-49)39(55)50(38(31)54)34-11-12-35(51)46-37(34)53/h5-10,17-19,29,34,40-41H,11-16,21-23H2,1-4H3,(H,47,52)(H,46,51,53). The number of carbonyl (C=O) groups is 5. The molecule has 1 saturated carbocycles. The molecule has 3 fully saturated rings. The van der Waals surface area contributed by atoms with Crippen LogP contribution in [-0.4, -0.2) is 81.6 Å². The molecule has 2 saturated heterocycles. The Morgan fingerprint density at radius 1 is 0.911 bits per heavy atom. The minimum atomic E-state index is -0.967. The molecule has 4 heterocycles. The number of carbonyl (C=O) groups excluding carboxylic acids is 5. The van der Waals surface area contributed by atoms with Gasteiger partial charge in [0, 0.05) is 60.6 Å². The number of piperidine rings is 2. The Morgan fingerprint density at radius 3 is 2.11 bits per heavy atom. The van der Waals surface area contributed by atoms with Crippen LogP contribution in [0.2, 0.25) is 5.02 Å². The lowest BCUT2D eigenvalue weighted by Gasteiger charge is -2.63. The van der Waals surface area contributed by atoms with E-state index in [9.17, 15) is 29.2 Å². The summed E-state index contributed by atoms with van der Waals surface area (Å²) in [5.74, 6) is -1.47. The van der Waals surface area contributed by atoms with Crippen molar-refractivity contribution in [3.63, 3.8) is 0 Å². The number of nitrogens with one attached hydrogen (secondary N) is 2. The predicted molar refractivity (Wildman–Crippen MR) is 207 cm³/mol. The Hall–Kier alpha value is -5.09. The smallest absolute Gasteiger partial charge is 0.262 e. The topological polar surface area (TPSA) is 152 Å². The first-order valence-electron chi connectivity index (χ1n) is 19.3. The minimum absolute atomic E-state index is 0.0936. The molecule has 5 aliphatic rings. The largest absolute Gasteiger partial charge is 0.489 e. The van der Waals surface area contributed by atoms with Crippen LogP contribution in [0.4, 0.5) is 0 Å². The molecule has 56 heavy (non-hydrogen) atoms. The molecule has 2 N–H and O–H groups in total. The van der Waals surface area contributed by atoms with Crippen molar-refractivity contribution in [2.24, 2.45) is 10.8 Å². The van der Waals surface area contributed by atoms with Crippen molar-refractivity contribution in [3.05, 3.63) is 98.6 Å². The predicted octanol–water partition coefficient (Wildman–Crippen LogP) is 5.21. The Morgan fingerprint density at radius 2 is 1.54 bits per heavy atom.